The zero-order chi connectivity index (χ0) is 9.80. The predicted molar refractivity (Wildman–Crippen MR) is 62.9 cm³/mol. The van der Waals surface area contributed by atoms with Gasteiger partial charge in [-0.2, -0.15) is 0 Å². The van der Waals surface area contributed by atoms with Crippen molar-refractivity contribution >= 4 is 12.4 Å². The number of piperidine rings is 1. The molecule has 1 aliphatic rings. The number of rotatable bonds is 2. The van der Waals surface area contributed by atoms with Crippen molar-refractivity contribution in [2.75, 3.05) is 13.1 Å². The molecule has 1 unspecified atom stereocenters. The molecule has 1 atom stereocenters. The number of hydrogen-bond acceptors (Lipinski definition) is 1. The molecule has 1 N–H and O–H groups in total. The second-order valence-corrected chi connectivity index (χ2v) is 4.01. The summed E-state index contributed by atoms with van der Waals surface area (Å²) in [4.78, 5) is 0. The maximum atomic E-state index is 13.3. The Hall–Kier alpha value is -0.600. The summed E-state index contributed by atoms with van der Waals surface area (Å²) in [5, 5.41) is 3.35. The van der Waals surface area contributed by atoms with E-state index in [2.05, 4.69) is 5.32 Å². The van der Waals surface area contributed by atoms with Crippen molar-refractivity contribution in [2.45, 2.75) is 19.3 Å². The first-order valence-electron chi connectivity index (χ1n) is 5.30. The van der Waals surface area contributed by atoms with E-state index >= 15 is 0 Å². The molecule has 1 heterocycles. The molecule has 0 spiro atoms. The largest absolute Gasteiger partial charge is 0.316 e. The van der Waals surface area contributed by atoms with E-state index in [0.717, 1.165) is 25.1 Å². The highest BCUT2D eigenvalue weighted by molar-refractivity contribution is 5.85. The van der Waals surface area contributed by atoms with Gasteiger partial charge in [0.15, 0.2) is 0 Å². The Balaban J connectivity index is 0.00000112. The molecule has 2 rings (SSSR count). The molecule has 1 saturated heterocycles. The molecule has 3 heteroatoms. The first-order chi connectivity index (χ1) is 6.86. The van der Waals surface area contributed by atoms with E-state index in [1.807, 2.05) is 12.1 Å². The number of benzene rings is 1. The van der Waals surface area contributed by atoms with E-state index < -0.39 is 0 Å². The van der Waals surface area contributed by atoms with Crippen LogP contribution in [0.25, 0.3) is 0 Å². The zero-order valence-electron chi connectivity index (χ0n) is 8.71. The Morgan fingerprint density at radius 3 is 2.80 bits per heavy atom. The topological polar surface area (TPSA) is 12.0 Å². The third-order valence-corrected chi connectivity index (χ3v) is 2.87. The minimum atomic E-state index is -0.0573. The van der Waals surface area contributed by atoms with Gasteiger partial charge in [0.05, 0.1) is 0 Å². The molecule has 1 nitrogen and oxygen atoms in total. The van der Waals surface area contributed by atoms with Crippen LogP contribution in [-0.4, -0.2) is 13.1 Å². The first-order valence-corrected chi connectivity index (χ1v) is 5.30. The van der Waals surface area contributed by atoms with E-state index in [1.165, 1.54) is 12.8 Å². The Morgan fingerprint density at radius 1 is 1.33 bits per heavy atom. The van der Waals surface area contributed by atoms with Crippen LogP contribution < -0.4 is 5.32 Å². The van der Waals surface area contributed by atoms with Crippen molar-refractivity contribution in [2.24, 2.45) is 5.92 Å². The molecule has 1 aromatic carbocycles. The standard InChI is InChI=1S/C12H16FN.ClH/c13-12-6-2-1-5-11(12)8-10-4-3-7-14-9-10;/h1-2,5-6,10,14H,3-4,7-9H2;1H. The fourth-order valence-corrected chi connectivity index (χ4v) is 2.07. The van der Waals surface area contributed by atoms with Crippen LogP contribution in [0.4, 0.5) is 4.39 Å². The predicted octanol–water partition coefficient (Wildman–Crippen LogP) is 2.79. The molecular weight excluding hydrogens is 213 g/mol. The highest BCUT2D eigenvalue weighted by atomic mass is 35.5. The van der Waals surface area contributed by atoms with E-state index in [4.69, 9.17) is 0 Å². The quantitative estimate of drug-likeness (QED) is 0.823. The van der Waals surface area contributed by atoms with Crippen LogP contribution in [0.5, 0.6) is 0 Å². The zero-order valence-corrected chi connectivity index (χ0v) is 9.52. The lowest BCUT2D eigenvalue weighted by molar-refractivity contribution is 0.372. The van der Waals surface area contributed by atoms with Crippen LogP contribution in [0.1, 0.15) is 18.4 Å². The van der Waals surface area contributed by atoms with Gasteiger partial charge in [0.2, 0.25) is 0 Å². The van der Waals surface area contributed by atoms with Crippen molar-refractivity contribution in [3.05, 3.63) is 35.6 Å². The molecule has 0 bridgehead atoms. The number of hydrogen-bond donors (Lipinski definition) is 1. The second-order valence-electron chi connectivity index (χ2n) is 4.01. The van der Waals surface area contributed by atoms with Crippen LogP contribution in [0, 0.1) is 11.7 Å². The van der Waals surface area contributed by atoms with Gasteiger partial charge in [0, 0.05) is 0 Å². The summed E-state index contributed by atoms with van der Waals surface area (Å²) in [5.74, 6) is 0.554. The fourth-order valence-electron chi connectivity index (χ4n) is 2.07. The minimum Gasteiger partial charge on any atom is -0.316 e. The molecule has 1 aliphatic heterocycles. The average Bonchev–Trinajstić information content (AvgIpc) is 2.23. The van der Waals surface area contributed by atoms with Gasteiger partial charge in [-0.15, -0.1) is 12.4 Å². The van der Waals surface area contributed by atoms with Crippen LogP contribution >= 0.6 is 12.4 Å². The normalized spacial score (nSPS) is 20.7. The Bertz CT molecular complexity index is 297. The molecule has 1 fully saturated rings. The third-order valence-electron chi connectivity index (χ3n) is 2.87. The SMILES string of the molecule is Cl.Fc1ccccc1CC1CCCNC1. The molecule has 84 valence electrons. The third kappa shape index (κ3) is 3.47. The van der Waals surface area contributed by atoms with Crippen LogP contribution in [0.2, 0.25) is 0 Å². The van der Waals surface area contributed by atoms with E-state index in [-0.39, 0.29) is 18.2 Å². The van der Waals surface area contributed by atoms with Crippen LogP contribution in [0.15, 0.2) is 24.3 Å². The van der Waals surface area contributed by atoms with Gasteiger partial charge in [-0.25, -0.2) is 4.39 Å². The molecular formula is C12H17ClFN. The van der Waals surface area contributed by atoms with Crippen LogP contribution in [0.3, 0.4) is 0 Å². The highest BCUT2D eigenvalue weighted by Gasteiger charge is 2.14. The van der Waals surface area contributed by atoms with Gasteiger partial charge >= 0.3 is 0 Å². The van der Waals surface area contributed by atoms with Gasteiger partial charge < -0.3 is 5.32 Å². The van der Waals surface area contributed by atoms with Crippen LogP contribution in [-0.2, 0) is 6.42 Å². The summed E-state index contributed by atoms with van der Waals surface area (Å²) in [6.45, 7) is 2.15. The molecule has 0 amide bonds. The van der Waals surface area contributed by atoms with Gasteiger partial charge in [-0.1, -0.05) is 18.2 Å². The molecule has 0 aromatic heterocycles. The second kappa shape index (κ2) is 6.09. The summed E-state index contributed by atoms with van der Waals surface area (Å²) in [7, 11) is 0. The summed E-state index contributed by atoms with van der Waals surface area (Å²) < 4.78 is 13.3. The molecule has 0 aliphatic carbocycles. The lowest BCUT2D eigenvalue weighted by Gasteiger charge is -2.22. The molecule has 15 heavy (non-hydrogen) atoms. The van der Waals surface area contributed by atoms with Crippen molar-refractivity contribution < 1.29 is 4.39 Å². The summed E-state index contributed by atoms with van der Waals surface area (Å²) in [6.07, 6.45) is 3.32. The Labute approximate surface area is 96.5 Å². The van der Waals surface area contributed by atoms with Gasteiger partial charge in [0.1, 0.15) is 5.82 Å². The lowest BCUT2D eigenvalue weighted by atomic mass is 9.92. The van der Waals surface area contributed by atoms with Gasteiger partial charge in [0.25, 0.3) is 0 Å². The summed E-state index contributed by atoms with van der Waals surface area (Å²) >= 11 is 0. The van der Waals surface area contributed by atoms with E-state index in [9.17, 15) is 4.39 Å². The molecule has 0 radical (unpaired) electrons. The Kier molecular flexibility index (Phi) is 5.06. The van der Waals surface area contributed by atoms with Gasteiger partial charge in [-0.3, -0.25) is 0 Å². The smallest absolute Gasteiger partial charge is 0.126 e. The van der Waals surface area contributed by atoms with Crippen molar-refractivity contribution in [1.82, 2.24) is 5.32 Å². The average molecular weight is 230 g/mol. The lowest BCUT2D eigenvalue weighted by Crippen LogP contribution is -2.31. The van der Waals surface area contributed by atoms with Crippen molar-refractivity contribution in [1.29, 1.82) is 0 Å². The summed E-state index contributed by atoms with van der Waals surface area (Å²) in [5.41, 5.74) is 0.862. The summed E-state index contributed by atoms with van der Waals surface area (Å²) in [6, 6.07) is 7.10. The number of halogens is 2. The Morgan fingerprint density at radius 2 is 2.13 bits per heavy atom. The molecule has 1 aromatic rings. The van der Waals surface area contributed by atoms with Crippen molar-refractivity contribution in [3.8, 4) is 0 Å². The maximum Gasteiger partial charge on any atom is 0.126 e. The first kappa shape index (κ1) is 12.5. The minimum absolute atomic E-state index is 0. The fraction of sp³-hybridized carbons (Fsp3) is 0.500. The maximum absolute atomic E-state index is 13.3. The highest BCUT2D eigenvalue weighted by Crippen LogP contribution is 2.18. The molecule has 0 saturated carbocycles. The number of nitrogens with one attached hydrogen (secondary N) is 1. The van der Waals surface area contributed by atoms with E-state index in [0.29, 0.717) is 5.92 Å². The van der Waals surface area contributed by atoms with Crippen molar-refractivity contribution in [3.63, 3.8) is 0 Å². The van der Waals surface area contributed by atoms with Gasteiger partial charge in [-0.05, 0) is 49.9 Å². The monoisotopic (exact) mass is 229 g/mol. The van der Waals surface area contributed by atoms with E-state index in [1.54, 1.807) is 12.1 Å².